The third-order valence-electron chi connectivity index (χ3n) is 4.36. The van der Waals surface area contributed by atoms with E-state index in [0.29, 0.717) is 17.9 Å². The van der Waals surface area contributed by atoms with Gasteiger partial charge in [0, 0.05) is 29.2 Å². The normalized spacial score (nSPS) is 22.7. The quantitative estimate of drug-likeness (QED) is 0.906. The maximum atomic E-state index is 4.52. The van der Waals surface area contributed by atoms with Crippen molar-refractivity contribution in [3.8, 4) is 0 Å². The van der Waals surface area contributed by atoms with Gasteiger partial charge in [-0.1, -0.05) is 28.1 Å². The summed E-state index contributed by atoms with van der Waals surface area (Å²) in [5.74, 6) is 1.08. The molecule has 3 nitrogen and oxygen atoms in total. The summed E-state index contributed by atoms with van der Waals surface area (Å²) in [5.41, 5.74) is 2.78. The predicted molar refractivity (Wildman–Crippen MR) is 89.7 cm³/mol. The summed E-state index contributed by atoms with van der Waals surface area (Å²) in [6, 6.07) is 9.17. The minimum atomic E-state index is 0.423. The number of rotatable bonds is 3. The first-order valence-corrected chi connectivity index (χ1v) is 8.44. The summed E-state index contributed by atoms with van der Waals surface area (Å²) in [4.78, 5) is 0. The largest absolute Gasteiger partial charge is 0.316 e. The van der Waals surface area contributed by atoms with E-state index in [1.165, 1.54) is 17.5 Å². The van der Waals surface area contributed by atoms with Crippen LogP contribution in [0, 0.1) is 0 Å². The molecule has 3 rings (SSSR count). The molecule has 2 aromatic rings. The van der Waals surface area contributed by atoms with E-state index < -0.39 is 0 Å². The number of hydrogen-bond donors (Lipinski definition) is 1. The first kappa shape index (κ1) is 14.8. The zero-order chi connectivity index (χ0) is 14.8. The Morgan fingerprint density at radius 2 is 1.95 bits per heavy atom. The van der Waals surface area contributed by atoms with Crippen molar-refractivity contribution < 1.29 is 0 Å². The van der Waals surface area contributed by atoms with Gasteiger partial charge in [-0.2, -0.15) is 5.10 Å². The molecule has 0 amide bonds. The number of aromatic nitrogens is 2. The van der Waals surface area contributed by atoms with Crippen LogP contribution < -0.4 is 5.32 Å². The van der Waals surface area contributed by atoms with Crippen LogP contribution in [0.3, 0.4) is 0 Å². The molecule has 1 aliphatic heterocycles. The molecule has 0 spiro atoms. The van der Waals surface area contributed by atoms with Gasteiger partial charge in [-0.15, -0.1) is 0 Å². The molecule has 0 aliphatic carbocycles. The summed E-state index contributed by atoms with van der Waals surface area (Å²) < 4.78 is 3.20. The molecule has 112 valence electrons. The fourth-order valence-electron chi connectivity index (χ4n) is 3.14. The Kier molecular flexibility index (Phi) is 4.45. The molecule has 4 heteroatoms. The first-order chi connectivity index (χ1) is 10.1. The highest BCUT2D eigenvalue weighted by molar-refractivity contribution is 9.10. The topological polar surface area (TPSA) is 29.9 Å². The Morgan fingerprint density at radius 3 is 2.62 bits per heavy atom. The van der Waals surface area contributed by atoms with Gasteiger partial charge in [0.2, 0.25) is 0 Å². The zero-order valence-corrected chi connectivity index (χ0v) is 14.2. The third-order valence-corrected chi connectivity index (χ3v) is 4.89. The van der Waals surface area contributed by atoms with Gasteiger partial charge in [0.05, 0.1) is 6.20 Å². The van der Waals surface area contributed by atoms with Crippen molar-refractivity contribution in [3.63, 3.8) is 0 Å². The Bertz CT molecular complexity index is 588. The summed E-state index contributed by atoms with van der Waals surface area (Å²) in [6.45, 7) is 6.47. The van der Waals surface area contributed by atoms with Crippen LogP contribution in [0.1, 0.15) is 49.3 Å². The van der Waals surface area contributed by atoms with Crippen molar-refractivity contribution in [2.45, 2.75) is 38.1 Å². The van der Waals surface area contributed by atoms with E-state index in [1.807, 2.05) is 0 Å². The Balaban J connectivity index is 1.88. The van der Waals surface area contributed by atoms with Crippen molar-refractivity contribution >= 4 is 15.9 Å². The lowest BCUT2D eigenvalue weighted by Crippen LogP contribution is -2.33. The van der Waals surface area contributed by atoms with E-state index in [2.05, 4.69) is 81.5 Å². The smallest absolute Gasteiger partial charge is 0.0524 e. The molecule has 0 saturated carbocycles. The number of halogens is 1. The van der Waals surface area contributed by atoms with Gasteiger partial charge < -0.3 is 5.32 Å². The van der Waals surface area contributed by atoms with Crippen LogP contribution in [0.2, 0.25) is 0 Å². The van der Waals surface area contributed by atoms with E-state index >= 15 is 0 Å². The van der Waals surface area contributed by atoms with Crippen molar-refractivity contribution in [1.29, 1.82) is 0 Å². The average Bonchev–Trinajstić information content (AvgIpc) is 2.98. The summed E-state index contributed by atoms with van der Waals surface area (Å²) in [5, 5.41) is 8.06. The van der Waals surface area contributed by atoms with Crippen LogP contribution in [0.4, 0.5) is 0 Å². The predicted octanol–water partition coefficient (Wildman–Crippen LogP) is 4.09. The second-order valence-electron chi connectivity index (χ2n) is 6.10. The SMILES string of the molecule is CC(C)n1cc(C2CCNCC2c2ccc(Br)cc2)cn1. The molecule has 1 fully saturated rings. The fourth-order valence-corrected chi connectivity index (χ4v) is 3.41. The molecule has 1 aliphatic rings. The third kappa shape index (κ3) is 3.22. The van der Waals surface area contributed by atoms with Crippen molar-refractivity contribution in [1.82, 2.24) is 15.1 Å². The van der Waals surface area contributed by atoms with Crippen LogP contribution in [0.5, 0.6) is 0 Å². The molecule has 2 unspecified atom stereocenters. The van der Waals surface area contributed by atoms with Crippen molar-refractivity contribution in [2.24, 2.45) is 0 Å². The number of benzene rings is 1. The highest BCUT2D eigenvalue weighted by atomic mass is 79.9. The van der Waals surface area contributed by atoms with Gasteiger partial charge in [0.15, 0.2) is 0 Å². The minimum absolute atomic E-state index is 0.423. The maximum absolute atomic E-state index is 4.52. The average molecular weight is 348 g/mol. The first-order valence-electron chi connectivity index (χ1n) is 7.65. The maximum Gasteiger partial charge on any atom is 0.0524 e. The molecule has 1 aromatic heterocycles. The fraction of sp³-hybridized carbons (Fsp3) is 0.471. The minimum Gasteiger partial charge on any atom is -0.316 e. The molecular formula is C17H22BrN3. The lowest BCUT2D eigenvalue weighted by atomic mass is 9.78. The number of piperidine rings is 1. The van der Waals surface area contributed by atoms with E-state index in [9.17, 15) is 0 Å². The van der Waals surface area contributed by atoms with Gasteiger partial charge >= 0.3 is 0 Å². The van der Waals surface area contributed by atoms with Crippen LogP contribution >= 0.6 is 15.9 Å². The Labute approximate surface area is 134 Å². The van der Waals surface area contributed by atoms with Crippen molar-refractivity contribution in [3.05, 3.63) is 52.3 Å². The van der Waals surface area contributed by atoms with Crippen LogP contribution in [-0.2, 0) is 0 Å². The highest BCUT2D eigenvalue weighted by Gasteiger charge is 2.28. The van der Waals surface area contributed by atoms with Gasteiger partial charge in [0.1, 0.15) is 0 Å². The number of hydrogen-bond acceptors (Lipinski definition) is 2. The monoisotopic (exact) mass is 347 g/mol. The van der Waals surface area contributed by atoms with Gasteiger partial charge in [-0.3, -0.25) is 4.68 Å². The molecule has 0 radical (unpaired) electrons. The Hall–Kier alpha value is -1.13. The molecule has 1 aromatic carbocycles. The standard InChI is InChI=1S/C17H22BrN3/c1-12(2)21-11-14(9-20-21)16-7-8-19-10-17(16)13-3-5-15(18)6-4-13/h3-6,9,11-12,16-17,19H,7-8,10H2,1-2H3. The molecule has 2 atom stereocenters. The van der Waals surface area contributed by atoms with Gasteiger partial charge in [0.25, 0.3) is 0 Å². The van der Waals surface area contributed by atoms with Gasteiger partial charge in [-0.05, 0) is 56.0 Å². The van der Waals surface area contributed by atoms with E-state index in [1.54, 1.807) is 0 Å². The van der Waals surface area contributed by atoms with Crippen LogP contribution in [0.15, 0.2) is 41.1 Å². The molecular weight excluding hydrogens is 326 g/mol. The van der Waals surface area contributed by atoms with E-state index in [4.69, 9.17) is 0 Å². The van der Waals surface area contributed by atoms with Crippen molar-refractivity contribution in [2.75, 3.05) is 13.1 Å². The number of nitrogens with one attached hydrogen (secondary N) is 1. The van der Waals surface area contributed by atoms with Crippen LogP contribution in [0.25, 0.3) is 0 Å². The lowest BCUT2D eigenvalue weighted by Gasteiger charge is -2.32. The Morgan fingerprint density at radius 1 is 1.19 bits per heavy atom. The molecule has 21 heavy (non-hydrogen) atoms. The van der Waals surface area contributed by atoms with E-state index in [0.717, 1.165) is 17.6 Å². The van der Waals surface area contributed by atoms with Gasteiger partial charge in [-0.25, -0.2) is 0 Å². The second kappa shape index (κ2) is 6.32. The summed E-state index contributed by atoms with van der Waals surface area (Å²) >= 11 is 3.52. The molecule has 0 bridgehead atoms. The molecule has 1 N–H and O–H groups in total. The summed E-state index contributed by atoms with van der Waals surface area (Å²) in [6.07, 6.45) is 5.46. The molecule has 1 saturated heterocycles. The second-order valence-corrected chi connectivity index (χ2v) is 7.02. The lowest BCUT2D eigenvalue weighted by molar-refractivity contribution is 0.403. The molecule has 2 heterocycles. The summed E-state index contributed by atoms with van der Waals surface area (Å²) in [7, 11) is 0. The number of nitrogens with zero attached hydrogens (tertiary/aromatic N) is 2. The van der Waals surface area contributed by atoms with Crippen LogP contribution in [-0.4, -0.2) is 22.9 Å². The zero-order valence-electron chi connectivity index (χ0n) is 12.6. The highest BCUT2D eigenvalue weighted by Crippen LogP contribution is 2.37. The van der Waals surface area contributed by atoms with E-state index in [-0.39, 0.29) is 0 Å².